The molecule has 126 valence electrons. The molecule has 2 aromatic heterocycles. The van der Waals surface area contributed by atoms with Gasteiger partial charge in [0.05, 0.1) is 15.6 Å². The molecule has 0 bridgehead atoms. The van der Waals surface area contributed by atoms with E-state index in [-0.39, 0.29) is 0 Å². The van der Waals surface area contributed by atoms with Crippen LogP contribution < -0.4 is 10.6 Å². The first kappa shape index (κ1) is 17.9. The Morgan fingerprint density at radius 3 is 2.70 bits per heavy atom. The monoisotopic (exact) mass is 350 g/mol. The number of hydrogen-bond donors (Lipinski definition) is 2. The number of aromatic nitrogens is 1. The van der Waals surface area contributed by atoms with Crippen molar-refractivity contribution in [3.8, 4) is 10.6 Å². The van der Waals surface area contributed by atoms with Crippen molar-refractivity contribution < 1.29 is 0 Å². The average Bonchev–Trinajstić information content (AvgIpc) is 3.14. The van der Waals surface area contributed by atoms with E-state index in [9.17, 15) is 0 Å². The zero-order chi connectivity index (χ0) is 16.8. The van der Waals surface area contributed by atoms with Crippen LogP contribution in [0.4, 0.5) is 0 Å². The van der Waals surface area contributed by atoms with Crippen LogP contribution in [0.3, 0.4) is 0 Å². The highest BCUT2D eigenvalue weighted by molar-refractivity contribution is 7.16. The summed E-state index contributed by atoms with van der Waals surface area (Å²) in [5.41, 5.74) is 1.10. The Morgan fingerprint density at radius 2 is 2.09 bits per heavy atom. The number of nitrogens with one attached hydrogen (secondary N) is 2. The lowest BCUT2D eigenvalue weighted by Gasteiger charge is -2.20. The Hall–Kier alpha value is -1.40. The summed E-state index contributed by atoms with van der Waals surface area (Å²) in [6.45, 7) is 9.51. The Balaban J connectivity index is 1.83. The van der Waals surface area contributed by atoms with E-state index in [4.69, 9.17) is 0 Å². The van der Waals surface area contributed by atoms with Gasteiger partial charge >= 0.3 is 0 Å². The van der Waals surface area contributed by atoms with E-state index < -0.39 is 0 Å². The number of thiophene rings is 1. The Kier molecular flexibility index (Phi) is 6.59. The molecular weight excluding hydrogens is 324 g/mol. The topological polar surface area (TPSA) is 49.3 Å². The highest BCUT2D eigenvalue weighted by Crippen LogP contribution is 2.29. The van der Waals surface area contributed by atoms with E-state index in [1.807, 2.05) is 25.3 Å². The van der Waals surface area contributed by atoms with Crippen molar-refractivity contribution in [2.75, 3.05) is 13.6 Å². The lowest BCUT2D eigenvalue weighted by atomic mass is 10.1. The van der Waals surface area contributed by atoms with E-state index in [1.54, 1.807) is 11.3 Å². The standard InChI is InChI=1S/C17H26N4S2/c1-11(2)12(3)20-17(18-5)19-9-8-14-6-7-16(23-14)15-10-22-13(4)21-15/h6-7,10-12H,8-9H2,1-5H3,(H2,18,19,20). The maximum Gasteiger partial charge on any atom is 0.191 e. The van der Waals surface area contributed by atoms with E-state index in [1.165, 1.54) is 9.75 Å². The molecule has 0 saturated carbocycles. The van der Waals surface area contributed by atoms with Crippen molar-refractivity contribution in [3.63, 3.8) is 0 Å². The molecule has 2 rings (SSSR count). The van der Waals surface area contributed by atoms with E-state index in [0.717, 1.165) is 29.6 Å². The lowest BCUT2D eigenvalue weighted by Crippen LogP contribution is -2.44. The van der Waals surface area contributed by atoms with E-state index in [2.05, 4.69) is 58.9 Å². The third-order valence-electron chi connectivity index (χ3n) is 3.78. The maximum atomic E-state index is 4.55. The second-order valence-corrected chi connectivity index (χ2v) is 8.17. The van der Waals surface area contributed by atoms with Crippen LogP contribution in [0, 0.1) is 12.8 Å². The largest absolute Gasteiger partial charge is 0.356 e. The molecule has 0 aliphatic rings. The van der Waals surface area contributed by atoms with Crippen LogP contribution in [0.1, 0.15) is 30.7 Å². The SMILES string of the molecule is CN=C(NCCc1ccc(-c2csc(C)n2)s1)NC(C)C(C)C. The quantitative estimate of drug-likeness (QED) is 0.613. The van der Waals surface area contributed by atoms with Crippen molar-refractivity contribution in [2.45, 2.75) is 40.2 Å². The van der Waals surface area contributed by atoms with Gasteiger partial charge in [-0.05, 0) is 38.3 Å². The molecule has 0 fully saturated rings. The van der Waals surface area contributed by atoms with Gasteiger partial charge in [-0.1, -0.05) is 13.8 Å². The van der Waals surface area contributed by atoms with Crippen molar-refractivity contribution in [1.82, 2.24) is 15.6 Å². The van der Waals surface area contributed by atoms with Gasteiger partial charge < -0.3 is 10.6 Å². The van der Waals surface area contributed by atoms with E-state index >= 15 is 0 Å². The summed E-state index contributed by atoms with van der Waals surface area (Å²) in [5.74, 6) is 1.45. The molecule has 0 radical (unpaired) electrons. The zero-order valence-corrected chi connectivity index (χ0v) is 16.1. The maximum absolute atomic E-state index is 4.55. The number of thiazole rings is 1. The summed E-state index contributed by atoms with van der Waals surface area (Å²) in [6, 6.07) is 4.77. The smallest absolute Gasteiger partial charge is 0.191 e. The number of aliphatic imine (C=N–C) groups is 1. The van der Waals surface area contributed by atoms with Gasteiger partial charge in [-0.15, -0.1) is 22.7 Å². The Morgan fingerprint density at radius 1 is 1.30 bits per heavy atom. The minimum absolute atomic E-state index is 0.405. The summed E-state index contributed by atoms with van der Waals surface area (Å²) in [6.07, 6.45) is 0.991. The fourth-order valence-corrected chi connectivity index (χ4v) is 3.66. The van der Waals surface area contributed by atoms with Gasteiger partial charge in [0.2, 0.25) is 0 Å². The fraction of sp³-hybridized carbons (Fsp3) is 0.529. The number of hydrogen-bond acceptors (Lipinski definition) is 4. The molecule has 1 atom stereocenters. The van der Waals surface area contributed by atoms with Gasteiger partial charge in [-0.3, -0.25) is 4.99 Å². The summed E-state index contributed by atoms with van der Waals surface area (Å²) in [4.78, 5) is 11.5. The minimum atomic E-state index is 0.405. The van der Waals surface area contributed by atoms with Gasteiger partial charge in [0.15, 0.2) is 5.96 Å². The molecule has 0 amide bonds. The first-order valence-corrected chi connectivity index (χ1v) is 9.67. The third kappa shape index (κ3) is 5.32. The molecule has 2 heterocycles. The molecule has 0 aliphatic heterocycles. The summed E-state index contributed by atoms with van der Waals surface area (Å²) in [7, 11) is 1.82. The second kappa shape index (κ2) is 8.45. The van der Waals surface area contributed by atoms with Crippen LogP contribution >= 0.6 is 22.7 Å². The van der Waals surface area contributed by atoms with Crippen LogP contribution in [-0.2, 0) is 6.42 Å². The molecule has 0 aliphatic carbocycles. The van der Waals surface area contributed by atoms with Crippen molar-refractivity contribution >= 4 is 28.6 Å². The summed E-state index contributed by atoms with van der Waals surface area (Å²) in [5, 5.41) is 10.1. The third-order valence-corrected chi connectivity index (χ3v) is 5.73. The van der Waals surface area contributed by atoms with Gasteiger partial charge in [-0.2, -0.15) is 0 Å². The minimum Gasteiger partial charge on any atom is -0.356 e. The molecule has 0 aromatic carbocycles. The average molecular weight is 351 g/mol. The number of guanidine groups is 1. The summed E-state index contributed by atoms with van der Waals surface area (Å²) >= 11 is 3.52. The molecule has 0 spiro atoms. The van der Waals surface area contributed by atoms with Gasteiger partial charge in [0.1, 0.15) is 0 Å². The first-order valence-electron chi connectivity index (χ1n) is 7.98. The molecule has 23 heavy (non-hydrogen) atoms. The molecule has 1 unspecified atom stereocenters. The number of nitrogens with zero attached hydrogens (tertiary/aromatic N) is 2. The zero-order valence-electron chi connectivity index (χ0n) is 14.5. The van der Waals surface area contributed by atoms with E-state index in [0.29, 0.717) is 12.0 Å². The van der Waals surface area contributed by atoms with Crippen molar-refractivity contribution in [1.29, 1.82) is 0 Å². The van der Waals surface area contributed by atoms with Crippen LogP contribution in [0.15, 0.2) is 22.5 Å². The Labute approximate surface area is 147 Å². The number of rotatable bonds is 6. The predicted octanol–water partition coefficient (Wildman–Crippen LogP) is 3.93. The second-order valence-electron chi connectivity index (χ2n) is 5.94. The van der Waals surface area contributed by atoms with Crippen LogP contribution in [0.5, 0.6) is 0 Å². The van der Waals surface area contributed by atoms with Crippen molar-refractivity contribution in [3.05, 3.63) is 27.4 Å². The predicted molar refractivity (Wildman–Crippen MR) is 103 cm³/mol. The highest BCUT2D eigenvalue weighted by Gasteiger charge is 2.09. The lowest BCUT2D eigenvalue weighted by molar-refractivity contribution is 0.481. The normalized spacial score (nSPS) is 13.4. The molecular formula is C17H26N4S2. The molecule has 4 nitrogen and oxygen atoms in total. The first-order chi connectivity index (χ1) is 11.0. The molecule has 2 aromatic rings. The van der Waals surface area contributed by atoms with Crippen LogP contribution in [0.2, 0.25) is 0 Å². The van der Waals surface area contributed by atoms with Gasteiger partial charge in [0.25, 0.3) is 0 Å². The van der Waals surface area contributed by atoms with Gasteiger partial charge in [-0.25, -0.2) is 4.98 Å². The van der Waals surface area contributed by atoms with Crippen molar-refractivity contribution in [2.24, 2.45) is 10.9 Å². The fourth-order valence-electron chi connectivity index (χ4n) is 2.01. The summed E-state index contributed by atoms with van der Waals surface area (Å²) < 4.78 is 0. The molecule has 6 heteroatoms. The van der Waals surface area contributed by atoms with Crippen LogP contribution in [0.25, 0.3) is 10.6 Å². The highest BCUT2D eigenvalue weighted by atomic mass is 32.1. The molecule has 0 saturated heterocycles. The van der Waals surface area contributed by atoms with Crippen LogP contribution in [-0.4, -0.2) is 30.6 Å². The van der Waals surface area contributed by atoms with Gasteiger partial charge in [0, 0.05) is 29.9 Å². The number of aryl methyl sites for hydroxylation is 1. The Bertz CT molecular complexity index is 643. The molecule has 2 N–H and O–H groups in total.